The number of carbonyl (C=O) groups excluding carboxylic acids is 1. The Morgan fingerprint density at radius 3 is 1.95 bits per heavy atom. The van der Waals surface area contributed by atoms with Gasteiger partial charge in [0, 0.05) is 6.42 Å². The number of hydrogen-bond acceptors (Lipinski definition) is 8. The molecule has 10 heteroatoms. The minimum absolute atomic E-state index is 0.0231. The van der Waals surface area contributed by atoms with Crippen molar-refractivity contribution in [1.82, 2.24) is 0 Å². The number of aldehydes is 1. The molecule has 0 fully saturated rings. The van der Waals surface area contributed by atoms with E-state index in [-0.39, 0.29) is 19.1 Å². The molecule has 0 aromatic carbocycles. The number of hydrogen-bond donors (Lipinski definition) is 7. The predicted octanol–water partition coefficient (Wildman–Crippen LogP) is -3.48. The van der Waals surface area contributed by atoms with E-state index < -0.39 is 42.9 Å². The van der Waals surface area contributed by atoms with Crippen LogP contribution in [0.15, 0.2) is 0 Å². The topological polar surface area (TPSA) is 199 Å². The zero-order chi connectivity index (χ0) is 16.3. The minimum atomic E-state index is -1.64. The van der Waals surface area contributed by atoms with Crippen LogP contribution >= 0.6 is 0 Å². The molecule has 4 unspecified atom stereocenters. The van der Waals surface area contributed by atoms with Crippen molar-refractivity contribution >= 4 is 18.2 Å². The molecule has 0 aliphatic heterocycles. The van der Waals surface area contributed by atoms with Gasteiger partial charge in [-0.25, -0.2) is 0 Å². The number of carboxylic acid groups (broad SMARTS) is 2. The highest BCUT2D eigenvalue weighted by molar-refractivity contribution is 5.74. The van der Waals surface area contributed by atoms with Crippen molar-refractivity contribution in [3.05, 3.63) is 0 Å². The van der Waals surface area contributed by atoms with Crippen LogP contribution in [0.2, 0.25) is 0 Å². The third-order valence-corrected chi connectivity index (χ3v) is 2.06. The second-order valence-corrected chi connectivity index (χ2v) is 3.74. The maximum absolute atomic E-state index is 9.99. The Bertz CT molecular complexity index is 309. The molecule has 0 spiro atoms. The highest BCUT2D eigenvalue weighted by atomic mass is 16.4. The van der Waals surface area contributed by atoms with Gasteiger partial charge in [-0.2, -0.15) is 0 Å². The number of rotatable bonds is 8. The minimum Gasteiger partial charge on any atom is -0.481 e. The summed E-state index contributed by atoms with van der Waals surface area (Å²) in [7, 11) is 0. The fraction of sp³-hybridized carbons (Fsp3) is 0.700. The molecule has 0 aromatic heterocycles. The smallest absolute Gasteiger partial charge is 0.320 e. The Kier molecular flexibility index (Phi) is 11.7. The monoisotopic (exact) mass is 297 g/mol. The van der Waals surface area contributed by atoms with Gasteiger partial charge in [0.05, 0.1) is 6.61 Å². The molecule has 10 nitrogen and oxygen atoms in total. The second-order valence-electron chi connectivity index (χ2n) is 3.74. The normalized spacial score (nSPS) is 16.1. The first-order valence-corrected chi connectivity index (χ1v) is 5.47. The standard InChI is InChI=1S/C5H9NO4.C5H10O5/c6-3(5(9)10)1-2-4(7)8;6-1-3(8)5(10)4(9)2-7/h3H,1-2,6H2,(H,7,8)(H,9,10);1,3-5,7-10H,2H2. The summed E-state index contributed by atoms with van der Waals surface area (Å²) in [6.07, 6.45) is -4.85. The molecule has 0 rings (SSSR count). The number of aliphatic hydroxyl groups excluding tert-OH is 4. The van der Waals surface area contributed by atoms with Crippen molar-refractivity contribution in [3.63, 3.8) is 0 Å². The zero-order valence-electron chi connectivity index (χ0n) is 10.5. The molecule has 0 bridgehead atoms. The molecule has 0 heterocycles. The van der Waals surface area contributed by atoms with Crippen LogP contribution in [-0.2, 0) is 14.4 Å². The number of nitrogens with two attached hydrogens (primary N) is 1. The largest absolute Gasteiger partial charge is 0.481 e. The van der Waals surface area contributed by atoms with Crippen molar-refractivity contribution in [2.45, 2.75) is 37.2 Å². The van der Waals surface area contributed by atoms with Gasteiger partial charge < -0.3 is 41.2 Å². The predicted molar refractivity (Wildman–Crippen MR) is 63.7 cm³/mol. The SMILES string of the molecule is NC(CCC(=O)O)C(=O)O.O=CC(O)C(O)C(O)CO. The van der Waals surface area contributed by atoms with Crippen LogP contribution in [0.1, 0.15) is 12.8 Å². The van der Waals surface area contributed by atoms with Crippen molar-refractivity contribution in [3.8, 4) is 0 Å². The first-order chi connectivity index (χ1) is 9.17. The maximum atomic E-state index is 9.99. The highest BCUT2D eigenvalue weighted by Crippen LogP contribution is 1.96. The fourth-order valence-corrected chi connectivity index (χ4v) is 0.819. The lowest BCUT2D eigenvalue weighted by atomic mass is 10.1. The average Bonchev–Trinajstić information content (AvgIpc) is 2.42. The number of carbonyl (C=O) groups is 3. The molecule has 0 amide bonds. The highest BCUT2D eigenvalue weighted by Gasteiger charge is 2.22. The van der Waals surface area contributed by atoms with Crippen LogP contribution < -0.4 is 5.73 Å². The van der Waals surface area contributed by atoms with Crippen LogP contribution in [0.5, 0.6) is 0 Å². The van der Waals surface area contributed by atoms with E-state index in [4.69, 9.17) is 36.4 Å². The summed E-state index contributed by atoms with van der Waals surface area (Å²) in [6.45, 7) is -0.688. The lowest BCUT2D eigenvalue weighted by Gasteiger charge is -2.16. The van der Waals surface area contributed by atoms with Gasteiger partial charge in [0.25, 0.3) is 0 Å². The fourth-order valence-electron chi connectivity index (χ4n) is 0.819. The maximum Gasteiger partial charge on any atom is 0.320 e. The molecule has 4 atom stereocenters. The second kappa shape index (κ2) is 11.3. The number of aliphatic hydroxyl groups is 4. The average molecular weight is 297 g/mol. The van der Waals surface area contributed by atoms with Gasteiger partial charge in [-0.1, -0.05) is 0 Å². The summed E-state index contributed by atoms with van der Waals surface area (Å²) >= 11 is 0. The number of aliphatic carboxylic acids is 2. The summed E-state index contributed by atoms with van der Waals surface area (Å²) in [5, 5.41) is 50.3. The summed E-state index contributed by atoms with van der Waals surface area (Å²) in [5.41, 5.74) is 5.00. The Balaban J connectivity index is 0. The first kappa shape index (κ1) is 20.7. The van der Waals surface area contributed by atoms with E-state index in [1.807, 2.05) is 0 Å². The summed E-state index contributed by atoms with van der Waals surface area (Å²) < 4.78 is 0. The molecule has 8 N–H and O–H groups in total. The number of carboxylic acids is 2. The van der Waals surface area contributed by atoms with E-state index in [0.717, 1.165) is 0 Å². The Labute approximate surface area is 114 Å². The van der Waals surface area contributed by atoms with Crippen molar-refractivity contribution in [1.29, 1.82) is 0 Å². The van der Waals surface area contributed by atoms with E-state index in [0.29, 0.717) is 0 Å². The molecular weight excluding hydrogens is 278 g/mol. The van der Waals surface area contributed by atoms with Gasteiger partial charge in [0.2, 0.25) is 0 Å². The van der Waals surface area contributed by atoms with Gasteiger partial charge in [0.1, 0.15) is 24.4 Å². The van der Waals surface area contributed by atoms with Crippen LogP contribution in [0.4, 0.5) is 0 Å². The molecular formula is C10H19NO9. The lowest BCUT2D eigenvalue weighted by molar-refractivity contribution is -0.139. The molecule has 0 saturated carbocycles. The Morgan fingerprint density at radius 1 is 1.15 bits per heavy atom. The lowest BCUT2D eigenvalue weighted by Crippen LogP contribution is -2.40. The molecule has 0 radical (unpaired) electrons. The third kappa shape index (κ3) is 10.3. The molecule has 0 aliphatic carbocycles. The van der Waals surface area contributed by atoms with E-state index in [9.17, 15) is 14.4 Å². The Hall–Kier alpha value is -1.59. The van der Waals surface area contributed by atoms with Crippen LogP contribution in [0.25, 0.3) is 0 Å². The summed E-state index contributed by atoms with van der Waals surface area (Å²) in [4.78, 5) is 29.6. The van der Waals surface area contributed by atoms with Crippen LogP contribution in [0.3, 0.4) is 0 Å². The van der Waals surface area contributed by atoms with E-state index >= 15 is 0 Å². The van der Waals surface area contributed by atoms with Gasteiger partial charge in [-0.3, -0.25) is 9.59 Å². The molecule has 0 aromatic rings. The van der Waals surface area contributed by atoms with Gasteiger partial charge in [-0.05, 0) is 6.42 Å². The van der Waals surface area contributed by atoms with Crippen molar-refractivity contribution in [2.24, 2.45) is 5.73 Å². The zero-order valence-corrected chi connectivity index (χ0v) is 10.5. The van der Waals surface area contributed by atoms with Gasteiger partial charge >= 0.3 is 11.9 Å². The van der Waals surface area contributed by atoms with Gasteiger partial charge in [0.15, 0.2) is 6.29 Å². The molecule has 0 aliphatic rings. The molecule has 20 heavy (non-hydrogen) atoms. The summed E-state index contributed by atoms with van der Waals surface area (Å²) in [5.74, 6) is -2.20. The van der Waals surface area contributed by atoms with E-state index in [1.165, 1.54) is 0 Å². The third-order valence-electron chi connectivity index (χ3n) is 2.06. The van der Waals surface area contributed by atoms with E-state index in [2.05, 4.69) is 0 Å². The van der Waals surface area contributed by atoms with Crippen LogP contribution in [0, 0.1) is 0 Å². The Morgan fingerprint density at radius 2 is 1.65 bits per heavy atom. The summed E-state index contributed by atoms with van der Waals surface area (Å²) in [6, 6.07) is -1.06. The van der Waals surface area contributed by atoms with E-state index in [1.54, 1.807) is 0 Å². The van der Waals surface area contributed by atoms with Gasteiger partial charge in [-0.15, -0.1) is 0 Å². The molecule has 118 valence electrons. The van der Waals surface area contributed by atoms with Crippen LogP contribution in [-0.4, -0.2) is 79.8 Å². The first-order valence-electron chi connectivity index (χ1n) is 5.47. The molecule has 0 saturated heterocycles. The van der Waals surface area contributed by atoms with Crippen molar-refractivity contribution < 1.29 is 45.0 Å². The van der Waals surface area contributed by atoms with Crippen molar-refractivity contribution in [2.75, 3.05) is 6.61 Å². The quantitative estimate of drug-likeness (QED) is 0.221.